The Morgan fingerprint density at radius 1 is 1.17 bits per heavy atom. The number of amides is 1. The summed E-state index contributed by atoms with van der Waals surface area (Å²) >= 11 is 0.458. The van der Waals surface area contributed by atoms with Crippen molar-refractivity contribution in [3.63, 3.8) is 0 Å². The molecule has 1 aliphatic heterocycles. The molecule has 1 aliphatic rings. The van der Waals surface area contributed by atoms with E-state index in [1.165, 1.54) is 12.1 Å². The molecule has 2 aromatic rings. The molecule has 0 saturated carbocycles. The molecule has 3 rings (SSSR count). The molecular weight excluding hydrogens is 398 g/mol. The van der Waals surface area contributed by atoms with E-state index in [2.05, 4.69) is 10.2 Å². The van der Waals surface area contributed by atoms with E-state index in [1.54, 1.807) is 12.1 Å². The summed E-state index contributed by atoms with van der Waals surface area (Å²) in [5.74, 6) is -1.96. The zero-order valence-electron chi connectivity index (χ0n) is 16.0. The van der Waals surface area contributed by atoms with Gasteiger partial charge in [0.25, 0.3) is 11.7 Å². The minimum atomic E-state index is -2.47. The minimum Gasteiger partial charge on any atom is -0.492 e. The van der Waals surface area contributed by atoms with Gasteiger partial charge in [0.05, 0.1) is 13.2 Å². The lowest BCUT2D eigenvalue weighted by Gasteiger charge is -2.26. The average Bonchev–Trinajstić information content (AvgIpc) is 2.73. The third-order valence-corrected chi connectivity index (χ3v) is 5.20. The molecule has 0 spiro atoms. The van der Waals surface area contributed by atoms with E-state index >= 15 is 0 Å². The Labute approximate surface area is 173 Å². The van der Waals surface area contributed by atoms with Crippen LogP contribution in [0.1, 0.15) is 15.9 Å². The van der Waals surface area contributed by atoms with Crippen molar-refractivity contribution in [1.29, 1.82) is 0 Å². The minimum absolute atomic E-state index is 0.253. The molecule has 29 heavy (non-hydrogen) atoms. The molecule has 1 saturated heterocycles. The van der Waals surface area contributed by atoms with Crippen molar-refractivity contribution in [1.82, 2.24) is 10.2 Å². The van der Waals surface area contributed by atoms with Crippen molar-refractivity contribution in [3.8, 4) is 5.75 Å². The second-order valence-corrected chi connectivity index (χ2v) is 7.60. The Kier molecular flexibility index (Phi) is 8.27. The highest BCUT2D eigenvalue weighted by molar-refractivity contribution is 7.99. The summed E-state index contributed by atoms with van der Waals surface area (Å²) in [4.78, 5) is 15.0. The van der Waals surface area contributed by atoms with Crippen molar-refractivity contribution in [2.45, 2.75) is 17.2 Å². The number of rotatable bonds is 9. The lowest BCUT2D eigenvalue weighted by molar-refractivity contribution is 0.0322. The number of thioether (sulfide) groups is 1. The fourth-order valence-electron chi connectivity index (χ4n) is 2.93. The molecular formula is C21H24F2N2O3S. The maximum absolute atomic E-state index is 12.4. The van der Waals surface area contributed by atoms with Gasteiger partial charge >= 0.3 is 0 Å². The monoisotopic (exact) mass is 422 g/mol. The van der Waals surface area contributed by atoms with Crippen molar-refractivity contribution >= 4 is 17.7 Å². The normalized spacial score (nSPS) is 14.7. The summed E-state index contributed by atoms with van der Waals surface area (Å²) in [5, 5.41) is 2.84. The molecule has 2 aromatic carbocycles. The number of morpholine rings is 1. The zero-order chi connectivity index (χ0) is 20.5. The molecule has 1 fully saturated rings. The second-order valence-electron chi connectivity index (χ2n) is 6.54. The van der Waals surface area contributed by atoms with Crippen molar-refractivity contribution in [2.75, 3.05) is 39.5 Å². The number of hydrogen-bond acceptors (Lipinski definition) is 5. The summed E-state index contributed by atoms with van der Waals surface area (Å²) in [6.45, 7) is 5.19. The Morgan fingerprint density at radius 2 is 1.93 bits per heavy atom. The van der Waals surface area contributed by atoms with E-state index in [9.17, 15) is 13.6 Å². The predicted octanol–water partition coefficient (Wildman–Crippen LogP) is 3.64. The number of hydrogen-bond donors (Lipinski definition) is 1. The summed E-state index contributed by atoms with van der Waals surface area (Å²) in [7, 11) is 0. The molecule has 1 N–H and O–H groups in total. The van der Waals surface area contributed by atoms with E-state index in [4.69, 9.17) is 9.47 Å². The van der Waals surface area contributed by atoms with Gasteiger partial charge in [0.1, 0.15) is 12.4 Å². The van der Waals surface area contributed by atoms with Crippen LogP contribution in [0.25, 0.3) is 0 Å². The van der Waals surface area contributed by atoms with Gasteiger partial charge < -0.3 is 14.8 Å². The van der Waals surface area contributed by atoms with Crippen LogP contribution in [0.5, 0.6) is 5.75 Å². The lowest BCUT2D eigenvalue weighted by atomic mass is 10.2. The van der Waals surface area contributed by atoms with Crippen LogP contribution in [0.3, 0.4) is 0 Å². The third-order valence-electron chi connectivity index (χ3n) is 4.47. The molecule has 0 bridgehead atoms. The van der Waals surface area contributed by atoms with E-state index in [1.807, 2.05) is 24.3 Å². The van der Waals surface area contributed by atoms with E-state index in [0.29, 0.717) is 35.4 Å². The van der Waals surface area contributed by atoms with Crippen LogP contribution in [0.15, 0.2) is 53.4 Å². The van der Waals surface area contributed by atoms with Crippen LogP contribution in [-0.2, 0) is 11.3 Å². The van der Waals surface area contributed by atoms with Gasteiger partial charge in [0, 0.05) is 36.6 Å². The molecule has 8 heteroatoms. The van der Waals surface area contributed by atoms with Gasteiger partial charge in [-0.3, -0.25) is 9.69 Å². The van der Waals surface area contributed by atoms with Crippen molar-refractivity contribution in [3.05, 3.63) is 59.7 Å². The maximum Gasteiger partial charge on any atom is 0.288 e. The van der Waals surface area contributed by atoms with Crippen LogP contribution >= 0.6 is 11.8 Å². The standard InChI is InChI=1S/C21H24F2N2O3S/c22-21(23)29-19-6-4-17(5-7-19)20(26)24-15-16-2-1-3-18(14-16)28-13-10-25-8-11-27-12-9-25/h1-7,14,21H,8-13,15H2,(H,24,26). The number of benzene rings is 2. The van der Waals surface area contributed by atoms with Crippen LogP contribution < -0.4 is 10.1 Å². The third kappa shape index (κ3) is 7.30. The molecule has 1 heterocycles. The smallest absolute Gasteiger partial charge is 0.288 e. The Bertz CT molecular complexity index is 784. The SMILES string of the molecule is O=C(NCc1cccc(OCCN2CCOCC2)c1)c1ccc(SC(F)F)cc1. The Morgan fingerprint density at radius 3 is 2.66 bits per heavy atom. The number of nitrogens with zero attached hydrogens (tertiary/aromatic N) is 1. The van der Waals surface area contributed by atoms with Gasteiger partial charge in [0.15, 0.2) is 0 Å². The van der Waals surface area contributed by atoms with Crippen molar-refractivity contribution < 1.29 is 23.0 Å². The van der Waals surface area contributed by atoms with E-state index in [-0.39, 0.29) is 5.91 Å². The molecule has 156 valence electrons. The highest BCUT2D eigenvalue weighted by Crippen LogP contribution is 2.25. The number of alkyl halides is 2. The van der Waals surface area contributed by atoms with Gasteiger partial charge in [-0.2, -0.15) is 8.78 Å². The van der Waals surface area contributed by atoms with Crippen LogP contribution in [0, 0.1) is 0 Å². The predicted molar refractivity (Wildman–Crippen MR) is 109 cm³/mol. The fraction of sp³-hybridized carbons (Fsp3) is 0.381. The first-order chi connectivity index (χ1) is 14.1. The van der Waals surface area contributed by atoms with E-state index < -0.39 is 5.76 Å². The highest BCUT2D eigenvalue weighted by Gasteiger charge is 2.10. The zero-order valence-corrected chi connectivity index (χ0v) is 16.8. The number of carbonyl (C=O) groups excluding carboxylic acids is 1. The number of carbonyl (C=O) groups is 1. The molecule has 0 unspecified atom stereocenters. The number of ether oxygens (including phenoxy) is 2. The fourth-order valence-corrected chi connectivity index (χ4v) is 3.43. The second kappa shape index (κ2) is 11.1. The van der Waals surface area contributed by atoms with Crippen molar-refractivity contribution in [2.24, 2.45) is 0 Å². The quantitative estimate of drug-likeness (QED) is 0.626. The van der Waals surface area contributed by atoms with E-state index in [0.717, 1.165) is 44.2 Å². The topological polar surface area (TPSA) is 50.8 Å². The first-order valence-electron chi connectivity index (χ1n) is 9.45. The molecule has 5 nitrogen and oxygen atoms in total. The van der Waals surface area contributed by atoms with Gasteiger partial charge in [-0.1, -0.05) is 23.9 Å². The highest BCUT2D eigenvalue weighted by atomic mass is 32.2. The van der Waals surface area contributed by atoms with Crippen LogP contribution in [0.4, 0.5) is 8.78 Å². The largest absolute Gasteiger partial charge is 0.492 e. The molecule has 0 radical (unpaired) electrons. The summed E-state index contributed by atoms with van der Waals surface area (Å²) in [6, 6.07) is 13.7. The Balaban J connectivity index is 1.45. The summed E-state index contributed by atoms with van der Waals surface area (Å²) in [5.41, 5.74) is 1.36. The first-order valence-corrected chi connectivity index (χ1v) is 10.3. The van der Waals surface area contributed by atoms with Gasteiger partial charge in [-0.05, 0) is 42.0 Å². The van der Waals surface area contributed by atoms with Crippen LogP contribution in [-0.4, -0.2) is 56.0 Å². The van der Waals surface area contributed by atoms with Gasteiger partial charge in [-0.15, -0.1) is 0 Å². The molecule has 0 aliphatic carbocycles. The summed E-state index contributed by atoms with van der Waals surface area (Å²) in [6.07, 6.45) is 0. The summed E-state index contributed by atoms with van der Waals surface area (Å²) < 4.78 is 35.9. The number of halogens is 2. The van der Waals surface area contributed by atoms with Gasteiger partial charge in [0.2, 0.25) is 0 Å². The maximum atomic E-state index is 12.4. The Hall–Kier alpha value is -2.16. The first kappa shape index (κ1) is 21.5. The number of nitrogens with one attached hydrogen (secondary N) is 1. The molecule has 0 aromatic heterocycles. The average molecular weight is 422 g/mol. The molecule has 0 atom stereocenters. The van der Waals surface area contributed by atoms with Crippen LogP contribution in [0.2, 0.25) is 0 Å². The van der Waals surface area contributed by atoms with Gasteiger partial charge in [-0.25, -0.2) is 0 Å². The lowest BCUT2D eigenvalue weighted by Crippen LogP contribution is -2.38. The molecule has 1 amide bonds.